The Morgan fingerprint density at radius 3 is 2.83 bits per heavy atom. The normalized spacial score (nSPS) is 13.2. The molecule has 0 spiro atoms. The summed E-state index contributed by atoms with van der Waals surface area (Å²) in [6, 6.07) is 0. The molecule has 1 aliphatic rings. The zero-order valence-electron chi connectivity index (χ0n) is 7.92. The Morgan fingerprint density at radius 1 is 1.42 bits per heavy atom. The monoisotopic (exact) mass is 181 g/mol. The fraction of sp³-hybridized carbons (Fsp3) is 0.500. The van der Waals surface area contributed by atoms with Crippen LogP contribution < -0.4 is 0 Å². The molecule has 0 fully saturated rings. The van der Waals surface area contributed by atoms with Crippen LogP contribution in [0.4, 0.5) is 0 Å². The van der Waals surface area contributed by atoms with Crippen LogP contribution in [0, 0.1) is 6.92 Å². The summed E-state index contributed by atoms with van der Waals surface area (Å²) in [6.07, 6.45) is 6.70. The van der Waals surface area contributed by atoms with E-state index in [1.807, 2.05) is 13.8 Å². The minimum Gasteiger partial charge on any atom is -0.246 e. The van der Waals surface area contributed by atoms with Gasteiger partial charge in [-0.15, -0.1) is 11.3 Å². The summed E-state index contributed by atoms with van der Waals surface area (Å²) in [6.45, 7) is 6.07. The standard InChI is InChI=1S/C8H9NS.C2H6/c1-6-9-7-4-2-3-5-8(7)10-6;1-2/h3,5H,2,4H2,1H3;1-2H3. The van der Waals surface area contributed by atoms with Crippen LogP contribution in [-0.2, 0) is 6.42 Å². The summed E-state index contributed by atoms with van der Waals surface area (Å²) >= 11 is 1.79. The topological polar surface area (TPSA) is 12.9 Å². The van der Waals surface area contributed by atoms with E-state index in [-0.39, 0.29) is 0 Å². The fourth-order valence-electron chi connectivity index (χ4n) is 1.21. The van der Waals surface area contributed by atoms with Crippen molar-refractivity contribution >= 4 is 17.4 Å². The molecule has 1 aromatic heterocycles. The first kappa shape index (κ1) is 9.46. The molecule has 1 aromatic rings. The number of fused-ring (bicyclic) bond motifs is 1. The summed E-state index contributed by atoms with van der Waals surface area (Å²) in [5.41, 5.74) is 1.30. The lowest BCUT2D eigenvalue weighted by Gasteiger charge is -1.99. The molecule has 0 amide bonds. The first-order chi connectivity index (χ1) is 5.86. The van der Waals surface area contributed by atoms with Gasteiger partial charge in [-0.25, -0.2) is 4.98 Å². The SMILES string of the molecule is CC.Cc1nc2c(s1)C=CCC2. The Hall–Kier alpha value is -0.630. The first-order valence-electron chi connectivity index (χ1n) is 4.49. The van der Waals surface area contributed by atoms with Gasteiger partial charge in [0.25, 0.3) is 0 Å². The van der Waals surface area contributed by atoms with Gasteiger partial charge in [0.15, 0.2) is 0 Å². The van der Waals surface area contributed by atoms with Crippen molar-refractivity contribution < 1.29 is 0 Å². The zero-order chi connectivity index (χ0) is 8.97. The number of aryl methyl sites for hydroxylation is 2. The van der Waals surface area contributed by atoms with Gasteiger partial charge in [0, 0.05) is 0 Å². The van der Waals surface area contributed by atoms with E-state index in [0.717, 1.165) is 12.8 Å². The third-order valence-corrected chi connectivity index (χ3v) is 2.63. The Kier molecular flexibility index (Phi) is 3.48. The molecule has 0 radical (unpaired) electrons. The number of hydrogen-bond donors (Lipinski definition) is 0. The molecular weight excluding hydrogens is 166 g/mol. The van der Waals surface area contributed by atoms with E-state index in [1.165, 1.54) is 15.6 Å². The largest absolute Gasteiger partial charge is 0.246 e. The Bertz CT molecular complexity index is 273. The fourth-order valence-corrected chi connectivity index (χ4v) is 2.11. The van der Waals surface area contributed by atoms with Crippen LogP contribution in [0.3, 0.4) is 0 Å². The molecule has 0 aromatic carbocycles. The third-order valence-electron chi connectivity index (χ3n) is 1.65. The number of allylic oxidation sites excluding steroid dienone is 1. The van der Waals surface area contributed by atoms with Gasteiger partial charge >= 0.3 is 0 Å². The molecule has 0 saturated carbocycles. The van der Waals surface area contributed by atoms with E-state index in [9.17, 15) is 0 Å². The molecule has 1 aliphatic carbocycles. The third kappa shape index (κ3) is 1.95. The molecule has 1 nitrogen and oxygen atoms in total. The van der Waals surface area contributed by atoms with Gasteiger partial charge in [0.05, 0.1) is 15.6 Å². The van der Waals surface area contributed by atoms with Crippen molar-refractivity contribution in [2.75, 3.05) is 0 Å². The number of hydrogen-bond acceptors (Lipinski definition) is 2. The average molecular weight is 181 g/mol. The number of aromatic nitrogens is 1. The molecule has 0 N–H and O–H groups in total. The smallest absolute Gasteiger partial charge is 0.0903 e. The molecule has 0 bridgehead atoms. The van der Waals surface area contributed by atoms with Crippen molar-refractivity contribution in [2.45, 2.75) is 33.6 Å². The Morgan fingerprint density at radius 2 is 2.17 bits per heavy atom. The highest BCUT2D eigenvalue weighted by Crippen LogP contribution is 2.24. The van der Waals surface area contributed by atoms with Crippen molar-refractivity contribution in [3.63, 3.8) is 0 Å². The van der Waals surface area contributed by atoms with Crippen molar-refractivity contribution in [2.24, 2.45) is 0 Å². The Balaban J connectivity index is 0.000000336. The van der Waals surface area contributed by atoms with Gasteiger partial charge in [-0.1, -0.05) is 19.9 Å². The molecule has 66 valence electrons. The average Bonchev–Trinajstić information content (AvgIpc) is 2.48. The van der Waals surface area contributed by atoms with Gasteiger partial charge in [-0.2, -0.15) is 0 Å². The van der Waals surface area contributed by atoms with E-state index < -0.39 is 0 Å². The van der Waals surface area contributed by atoms with Crippen molar-refractivity contribution in [1.82, 2.24) is 4.98 Å². The number of nitrogens with zero attached hydrogens (tertiary/aromatic N) is 1. The van der Waals surface area contributed by atoms with Gasteiger partial charge in [0.2, 0.25) is 0 Å². The first-order valence-corrected chi connectivity index (χ1v) is 5.31. The molecular formula is C10H15NS. The number of thiazole rings is 1. The van der Waals surface area contributed by atoms with E-state index in [1.54, 1.807) is 11.3 Å². The maximum absolute atomic E-state index is 4.42. The summed E-state index contributed by atoms with van der Waals surface area (Å²) in [5, 5.41) is 1.19. The second kappa shape index (κ2) is 4.41. The van der Waals surface area contributed by atoms with E-state index in [4.69, 9.17) is 0 Å². The maximum Gasteiger partial charge on any atom is 0.0903 e. The van der Waals surface area contributed by atoms with Crippen LogP contribution in [-0.4, -0.2) is 4.98 Å². The minimum absolute atomic E-state index is 1.14. The van der Waals surface area contributed by atoms with Crippen LogP contribution in [0.5, 0.6) is 0 Å². The molecule has 0 saturated heterocycles. The minimum atomic E-state index is 1.14. The Labute approximate surface area is 78.2 Å². The maximum atomic E-state index is 4.42. The van der Waals surface area contributed by atoms with Crippen molar-refractivity contribution in [1.29, 1.82) is 0 Å². The van der Waals surface area contributed by atoms with E-state index in [2.05, 4.69) is 24.1 Å². The van der Waals surface area contributed by atoms with Crippen LogP contribution in [0.1, 0.15) is 35.8 Å². The van der Waals surface area contributed by atoms with E-state index in [0.29, 0.717) is 0 Å². The lowest BCUT2D eigenvalue weighted by Crippen LogP contribution is -1.90. The van der Waals surface area contributed by atoms with Crippen LogP contribution in [0.25, 0.3) is 6.08 Å². The van der Waals surface area contributed by atoms with Gasteiger partial charge < -0.3 is 0 Å². The zero-order valence-corrected chi connectivity index (χ0v) is 8.74. The molecule has 0 aliphatic heterocycles. The van der Waals surface area contributed by atoms with Crippen LogP contribution in [0.15, 0.2) is 6.08 Å². The molecule has 0 unspecified atom stereocenters. The van der Waals surface area contributed by atoms with Crippen LogP contribution >= 0.6 is 11.3 Å². The molecule has 12 heavy (non-hydrogen) atoms. The van der Waals surface area contributed by atoms with Crippen molar-refractivity contribution in [3.05, 3.63) is 21.7 Å². The predicted octanol–water partition coefficient (Wildman–Crippen LogP) is 3.44. The predicted molar refractivity (Wildman–Crippen MR) is 55.6 cm³/mol. The lowest BCUT2D eigenvalue weighted by molar-refractivity contribution is 0.938. The van der Waals surface area contributed by atoms with Gasteiger partial charge in [-0.3, -0.25) is 0 Å². The highest BCUT2D eigenvalue weighted by Gasteiger charge is 2.07. The molecule has 1 heterocycles. The number of rotatable bonds is 0. The van der Waals surface area contributed by atoms with Gasteiger partial charge in [0.1, 0.15) is 0 Å². The molecule has 2 rings (SSSR count). The second-order valence-corrected chi connectivity index (χ2v) is 3.72. The summed E-state index contributed by atoms with van der Waals surface area (Å²) in [7, 11) is 0. The van der Waals surface area contributed by atoms with Crippen LogP contribution in [0.2, 0.25) is 0 Å². The lowest BCUT2D eigenvalue weighted by atomic mass is 10.1. The van der Waals surface area contributed by atoms with Gasteiger partial charge in [-0.05, 0) is 25.8 Å². The highest BCUT2D eigenvalue weighted by atomic mass is 32.1. The van der Waals surface area contributed by atoms with E-state index >= 15 is 0 Å². The molecule has 0 atom stereocenters. The van der Waals surface area contributed by atoms with Crippen molar-refractivity contribution in [3.8, 4) is 0 Å². The summed E-state index contributed by atoms with van der Waals surface area (Å²) in [4.78, 5) is 5.78. The summed E-state index contributed by atoms with van der Waals surface area (Å²) < 4.78 is 0. The highest BCUT2D eigenvalue weighted by molar-refractivity contribution is 7.12. The second-order valence-electron chi connectivity index (χ2n) is 2.48. The molecule has 2 heteroatoms. The summed E-state index contributed by atoms with van der Waals surface area (Å²) in [5.74, 6) is 0. The quantitative estimate of drug-likeness (QED) is 0.597.